The molecular formula is C34H31N9O2S2. The SMILES string of the molecule is CC(C)c1sc(Nc2cc(-c3cccc(CNC(=O)c4csc(Nc5ccncc5)n4)c3)ncn2)nc1C(=O)NCc1ccccc1. The first-order chi connectivity index (χ1) is 22.9. The smallest absolute Gasteiger partial charge is 0.271 e. The first-order valence-corrected chi connectivity index (χ1v) is 16.5. The highest BCUT2D eigenvalue weighted by Crippen LogP contribution is 2.32. The molecule has 2 aromatic carbocycles. The van der Waals surface area contributed by atoms with Gasteiger partial charge in [-0.25, -0.2) is 19.9 Å². The Hall–Kier alpha value is -5.53. The lowest BCUT2D eigenvalue weighted by molar-refractivity contribution is 0.0938. The van der Waals surface area contributed by atoms with Crippen LogP contribution in [0.25, 0.3) is 11.3 Å². The molecule has 11 nitrogen and oxygen atoms in total. The number of benzene rings is 2. The van der Waals surface area contributed by atoms with Crippen molar-refractivity contribution in [2.75, 3.05) is 10.6 Å². The summed E-state index contributed by atoms with van der Waals surface area (Å²) in [6.45, 7) is 4.82. The average molecular weight is 662 g/mol. The Morgan fingerprint density at radius 2 is 1.55 bits per heavy atom. The first kappa shape index (κ1) is 31.5. The molecule has 0 aliphatic heterocycles. The number of aromatic nitrogens is 5. The largest absolute Gasteiger partial charge is 0.347 e. The number of hydrogen-bond acceptors (Lipinski definition) is 11. The predicted octanol–water partition coefficient (Wildman–Crippen LogP) is 6.92. The van der Waals surface area contributed by atoms with Crippen molar-refractivity contribution in [3.63, 3.8) is 0 Å². The molecule has 0 atom stereocenters. The van der Waals surface area contributed by atoms with Gasteiger partial charge in [-0.3, -0.25) is 14.6 Å². The number of hydrogen-bond donors (Lipinski definition) is 4. The third-order valence-electron chi connectivity index (χ3n) is 6.94. The van der Waals surface area contributed by atoms with Crippen molar-refractivity contribution in [2.24, 2.45) is 0 Å². The molecule has 13 heteroatoms. The van der Waals surface area contributed by atoms with E-state index in [9.17, 15) is 9.59 Å². The van der Waals surface area contributed by atoms with E-state index in [4.69, 9.17) is 0 Å². The Balaban J connectivity index is 1.09. The fourth-order valence-electron chi connectivity index (χ4n) is 4.60. The second-order valence-corrected chi connectivity index (χ2v) is 12.6. The lowest BCUT2D eigenvalue weighted by Gasteiger charge is -2.08. The lowest BCUT2D eigenvalue weighted by atomic mass is 10.1. The van der Waals surface area contributed by atoms with Gasteiger partial charge in [-0.05, 0) is 35.2 Å². The van der Waals surface area contributed by atoms with Crippen LogP contribution in [0.2, 0.25) is 0 Å². The van der Waals surface area contributed by atoms with E-state index in [1.165, 1.54) is 29.0 Å². The van der Waals surface area contributed by atoms with Gasteiger partial charge in [0, 0.05) is 53.1 Å². The van der Waals surface area contributed by atoms with Crippen LogP contribution < -0.4 is 21.3 Å². The third-order valence-corrected chi connectivity index (χ3v) is 8.96. The van der Waals surface area contributed by atoms with Gasteiger partial charge in [0.25, 0.3) is 11.8 Å². The summed E-state index contributed by atoms with van der Waals surface area (Å²) in [6.07, 6.45) is 4.85. The summed E-state index contributed by atoms with van der Waals surface area (Å²) < 4.78 is 0. The Labute approximate surface area is 279 Å². The molecule has 0 bridgehead atoms. The molecule has 2 amide bonds. The lowest BCUT2D eigenvalue weighted by Crippen LogP contribution is -2.24. The van der Waals surface area contributed by atoms with Crippen molar-refractivity contribution in [1.82, 2.24) is 35.6 Å². The van der Waals surface area contributed by atoms with Crippen LogP contribution in [-0.4, -0.2) is 36.7 Å². The van der Waals surface area contributed by atoms with Crippen LogP contribution in [0.15, 0.2) is 96.9 Å². The van der Waals surface area contributed by atoms with E-state index in [-0.39, 0.29) is 17.7 Å². The van der Waals surface area contributed by atoms with Gasteiger partial charge in [0.1, 0.15) is 23.5 Å². The van der Waals surface area contributed by atoms with Crippen LogP contribution >= 0.6 is 22.7 Å². The van der Waals surface area contributed by atoms with Crippen LogP contribution in [0.3, 0.4) is 0 Å². The zero-order valence-electron chi connectivity index (χ0n) is 25.6. The fraction of sp³-hybridized carbons (Fsp3) is 0.147. The fourth-order valence-corrected chi connectivity index (χ4v) is 6.28. The maximum Gasteiger partial charge on any atom is 0.271 e. The van der Waals surface area contributed by atoms with Crippen LogP contribution in [0.4, 0.5) is 21.8 Å². The van der Waals surface area contributed by atoms with E-state index in [1.54, 1.807) is 17.8 Å². The maximum absolute atomic E-state index is 13.1. The van der Waals surface area contributed by atoms with Crippen molar-refractivity contribution in [3.05, 3.63) is 124 Å². The summed E-state index contributed by atoms with van der Waals surface area (Å²) >= 11 is 2.79. The Bertz CT molecular complexity index is 1980. The number of thiazole rings is 2. The molecule has 0 fully saturated rings. The molecule has 0 radical (unpaired) electrons. The average Bonchev–Trinajstić information content (AvgIpc) is 3.75. The number of nitrogens with zero attached hydrogens (tertiary/aromatic N) is 5. The molecule has 4 heterocycles. The van der Waals surface area contributed by atoms with Crippen LogP contribution in [0, 0.1) is 0 Å². The Kier molecular flexibility index (Phi) is 9.84. The van der Waals surface area contributed by atoms with Gasteiger partial charge >= 0.3 is 0 Å². The number of rotatable bonds is 12. The van der Waals surface area contributed by atoms with Crippen molar-refractivity contribution in [1.29, 1.82) is 0 Å². The van der Waals surface area contributed by atoms with Gasteiger partial charge < -0.3 is 21.3 Å². The number of nitrogens with one attached hydrogen (secondary N) is 4. The summed E-state index contributed by atoms with van der Waals surface area (Å²) in [5.74, 6) is 0.186. The topological polar surface area (TPSA) is 147 Å². The molecule has 0 saturated carbocycles. The van der Waals surface area contributed by atoms with Gasteiger partial charge in [-0.2, -0.15) is 0 Å². The summed E-state index contributed by atoms with van der Waals surface area (Å²) in [6, 6.07) is 23.0. The Morgan fingerprint density at radius 3 is 2.36 bits per heavy atom. The number of pyridine rings is 1. The van der Waals surface area contributed by atoms with Gasteiger partial charge in [-0.15, -0.1) is 22.7 Å². The van der Waals surface area contributed by atoms with E-state index in [0.717, 1.165) is 27.3 Å². The van der Waals surface area contributed by atoms with Crippen LogP contribution in [0.5, 0.6) is 0 Å². The number of anilines is 4. The number of amides is 2. The minimum Gasteiger partial charge on any atom is -0.347 e. The molecule has 47 heavy (non-hydrogen) atoms. The van der Waals surface area contributed by atoms with Crippen LogP contribution in [0.1, 0.15) is 56.7 Å². The van der Waals surface area contributed by atoms with Gasteiger partial charge in [0.2, 0.25) is 0 Å². The van der Waals surface area contributed by atoms with E-state index in [1.807, 2.05) is 86.6 Å². The van der Waals surface area contributed by atoms with E-state index < -0.39 is 0 Å². The zero-order chi connectivity index (χ0) is 32.6. The summed E-state index contributed by atoms with van der Waals surface area (Å²) in [5.41, 5.74) is 5.08. The highest BCUT2D eigenvalue weighted by molar-refractivity contribution is 7.16. The van der Waals surface area contributed by atoms with E-state index in [0.29, 0.717) is 46.3 Å². The second-order valence-electron chi connectivity index (χ2n) is 10.8. The highest BCUT2D eigenvalue weighted by Gasteiger charge is 2.21. The summed E-state index contributed by atoms with van der Waals surface area (Å²) in [7, 11) is 0. The standard InChI is InChI=1S/C34H31N9O2S2/c1-21(2)30-29(32(45)37-17-22-7-4-3-5-8-22)43-34(47-30)42-28-16-26(38-20-39-28)24-10-6-9-23(15-24)18-36-31(44)27-19-46-33(41-27)40-25-11-13-35-14-12-25/h3-16,19-21H,17-18H2,1-2H3,(H,36,44)(H,37,45)(H,35,40,41)(H,38,39,42,43). The summed E-state index contributed by atoms with van der Waals surface area (Å²) in [4.78, 5) is 48.6. The molecule has 6 rings (SSSR count). The number of carbonyl (C=O) groups is 2. The molecule has 4 N–H and O–H groups in total. The molecule has 0 spiro atoms. The van der Waals surface area contributed by atoms with Crippen molar-refractivity contribution in [2.45, 2.75) is 32.9 Å². The normalized spacial score (nSPS) is 10.9. The second kappa shape index (κ2) is 14.7. The molecule has 6 aromatic rings. The Morgan fingerprint density at radius 1 is 0.787 bits per heavy atom. The van der Waals surface area contributed by atoms with Gasteiger partial charge in [-0.1, -0.05) is 62.4 Å². The molecule has 0 unspecified atom stereocenters. The molecule has 0 saturated heterocycles. The minimum atomic E-state index is -0.264. The number of carbonyl (C=O) groups excluding carboxylic acids is 2. The third kappa shape index (κ3) is 8.20. The van der Waals surface area contributed by atoms with Crippen molar-refractivity contribution < 1.29 is 9.59 Å². The van der Waals surface area contributed by atoms with Crippen molar-refractivity contribution >= 4 is 56.3 Å². The van der Waals surface area contributed by atoms with Gasteiger partial charge in [0.15, 0.2) is 10.3 Å². The molecule has 0 aliphatic carbocycles. The molecule has 4 aromatic heterocycles. The molecule has 0 aliphatic rings. The van der Waals surface area contributed by atoms with Crippen molar-refractivity contribution in [3.8, 4) is 11.3 Å². The summed E-state index contributed by atoms with van der Waals surface area (Å²) in [5, 5.41) is 15.3. The minimum absolute atomic E-state index is 0.117. The monoisotopic (exact) mass is 661 g/mol. The zero-order valence-corrected chi connectivity index (χ0v) is 27.2. The maximum atomic E-state index is 13.1. The predicted molar refractivity (Wildman–Crippen MR) is 185 cm³/mol. The van der Waals surface area contributed by atoms with E-state index >= 15 is 0 Å². The van der Waals surface area contributed by atoms with Crippen LogP contribution in [-0.2, 0) is 13.1 Å². The van der Waals surface area contributed by atoms with Gasteiger partial charge in [0.05, 0.1) is 5.69 Å². The molecular weight excluding hydrogens is 631 g/mol. The van der Waals surface area contributed by atoms with E-state index in [2.05, 4.69) is 46.2 Å². The molecule has 236 valence electrons. The first-order valence-electron chi connectivity index (χ1n) is 14.8. The highest BCUT2D eigenvalue weighted by atomic mass is 32.1. The quantitative estimate of drug-likeness (QED) is 0.110.